The second-order valence-corrected chi connectivity index (χ2v) is 5.19. The van der Waals surface area contributed by atoms with Crippen molar-refractivity contribution >= 4 is 0 Å². The maximum Gasteiger partial charge on any atom is 0.119 e. The van der Waals surface area contributed by atoms with E-state index in [1.807, 2.05) is 31.5 Å². The molecule has 1 heterocycles. The van der Waals surface area contributed by atoms with Crippen molar-refractivity contribution in [1.82, 2.24) is 10.3 Å². The van der Waals surface area contributed by atoms with Crippen molar-refractivity contribution in [3.63, 3.8) is 0 Å². The molecule has 1 aliphatic rings. The van der Waals surface area contributed by atoms with Gasteiger partial charge in [0, 0.05) is 30.5 Å². The van der Waals surface area contributed by atoms with Gasteiger partial charge in [-0.2, -0.15) is 0 Å². The molecule has 1 fully saturated rings. The number of pyridine rings is 1. The Bertz CT molecular complexity index is 561. The summed E-state index contributed by atoms with van der Waals surface area (Å²) in [5.74, 6) is 0.913. The van der Waals surface area contributed by atoms with Crippen molar-refractivity contribution in [1.29, 1.82) is 0 Å². The third-order valence-electron chi connectivity index (χ3n) is 3.47. The summed E-state index contributed by atoms with van der Waals surface area (Å²) >= 11 is 0. The van der Waals surface area contributed by atoms with Crippen molar-refractivity contribution in [2.45, 2.75) is 32.4 Å². The van der Waals surface area contributed by atoms with E-state index in [1.165, 1.54) is 24.0 Å². The van der Waals surface area contributed by atoms with Crippen LogP contribution in [0.5, 0.6) is 5.75 Å². The number of aromatic nitrogens is 1. The molecule has 0 atom stereocenters. The van der Waals surface area contributed by atoms with E-state index in [0.717, 1.165) is 23.9 Å². The molecule has 0 radical (unpaired) electrons. The second-order valence-electron chi connectivity index (χ2n) is 5.19. The Morgan fingerprint density at radius 2 is 1.95 bits per heavy atom. The Morgan fingerprint density at radius 1 is 1.15 bits per heavy atom. The lowest BCUT2D eigenvalue weighted by molar-refractivity contribution is 0.340. The molecule has 0 amide bonds. The normalized spacial score (nSPS) is 14.2. The second kappa shape index (κ2) is 6.06. The van der Waals surface area contributed by atoms with Crippen LogP contribution in [0.2, 0.25) is 0 Å². The number of benzene rings is 1. The lowest BCUT2D eigenvalue weighted by atomic mass is 10.1. The fourth-order valence-electron chi connectivity index (χ4n) is 2.20. The molecular formula is C17H20N2O. The quantitative estimate of drug-likeness (QED) is 0.872. The first-order valence-electron chi connectivity index (χ1n) is 7.25. The van der Waals surface area contributed by atoms with Crippen molar-refractivity contribution in [2.24, 2.45) is 0 Å². The van der Waals surface area contributed by atoms with E-state index < -0.39 is 0 Å². The highest BCUT2D eigenvalue weighted by atomic mass is 16.5. The van der Waals surface area contributed by atoms with Gasteiger partial charge in [-0.25, -0.2) is 0 Å². The minimum absolute atomic E-state index is 0.698. The number of hydrogen-bond donors (Lipinski definition) is 1. The third kappa shape index (κ3) is 3.36. The molecule has 1 aliphatic carbocycles. The zero-order valence-corrected chi connectivity index (χ0v) is 11.8. The minimum Gasteiger partial charge on any atom is -0.494 e. The number of ether oxygens (including phenoxy) is 1. The smallest absolute Gasteiger partial charge is 0.119 e. The summed E-state index contributed by atoms with van der Waals surface area (Å²) in [6.45, 7) is 3.60. The molecule has 0 spiro atoms. The highest BCUT2D eigenvalue weighted by molar-refractivity contribution is 5.63. The maximum absolute atomic E-state index is 5.47. The Hall–Kier alpha value is -1.87. The molecule has 3 heteroatoms. The summed E-state index contributed by atoms with van der Waals surface area (Å²) in [5.41, 5.74) is 3.57. The van der Waals surface area contributed by atoms with Crippen molar-refractivity contribution in [3.8, 4) is 16.9 Å². The van der Waals surface area contributed by atoms with Gasteiger partial charge in [-0.1, -0.05) is 12.1 Å². The van der Waals surface area contributed by atoms with Gasteiger partial charge in [0.05, 0.1) is 6.61 Å². The molecule has 1 aromatic heterocycles. The highest BCUT2D eigenvalue weighted by Gasteiger charge is 2.19. The molecule has 1 N–H and O–H groups in total. The Kier molecular flexibility index (Phi) is 3.97. The fourth-order valence-corrected chi connectivity index (χ4v) is 2.20. The Balaban J connectivity index is 1.72. The van der Waals surface area contributed by atoms with Crippen molar-refractivity contribution in [3.05, 3.63) is 48.3 Å². The molecule has 1 aromatic carbocycles. The summed E-state index contributed by atoms with van der Waals surface area (Å²) in [4.78, 5) is 4.35. The highest BCUT2D eigenvalue weighted by Crippen LogP contribution is 2.23. The van der Waals surface area contributed by atoms with Gasteiger partial charge in [0.25, 0.3) is 0 Å². The van der Waals surface area contributed by atoms with Gasteiger partial charge in [0.1, 0.15) is 5.75 Å². The first-order valence-corrected chi connectivity index (χ1v) is 7.25. The van der Waals surface area contributed by atoms with Crippen molar-refractivity contribution < 1.29 is 4.74 Å². The molecule has 0 saturated heterocycles. The Morgan fingerprint density at radius 3 is 2.65 bits per heavy atom. The SMILES string of the molecule is CCOc1ccc(-c2cncc(CNC3CC3)c2)cc1. The van der Waals surface area contributed by atoms with Crippen molar-refractivity contribution in [2.75, 3.05) is 6.61 Å². The molecule has 20 heavy (non-hydrogen) atoms. The first-order chi connectivity index (χ1) is 9.85. The topological polar surface area (TPSA) is 34.1 Å². The number of hydrogen-bond acceptors (Lipinski definition) is 3. The van der Waals surface area contributed by atoms with Crippen LogP contribution in [0.1, 0.15) is 25.3 Å². The van der Waals surface area contributed by atoms with Crippen LogP contribution in [0, 0.1) is 0 Å². The molecule has 3 rings (SSSR count). The van der Waals surface area contributed by atoms with Gasteiger partial charge in [0.2, 0.25) is 0 Å². The molecule has 3 nitrogen and oxygen atoms in total. The number of rotatable bonds is 6. The molecule has 104 valence electrons. The Labute approximate surface area is 120 Å². The summed E-state index contributed by atoms with van der Waals surface area (Å²) in [6, 6.07) is 11.1. The van der Waals surface area contributed by atoms with Gasteiger partial charge in [-0.3, -0.25) is 4.98 Å². The molecule has 1 saturated carbocycles. The van der Waals surface area contributed by atoms with E-state index in [0.29, 0.717) is 6.61 Å². The van der Waals surface area contributed by atoms with Crippen LogP contribution < -0.4 is 10.1 Å². The summed E-state index contributed by atoms with van der Waals surface area (Å²) in [5, 5.41) is 3.52. The third-order valence-corrected chi connectivity index (χ3v) is 3.47. The summed E-state index contributed by atoms with van der Waals surface area (Å²) in [6.07, 6.45) is 6.47. The summed E-state index contributed by atoms with van der Waals surface area (Å²) < 4.78 is 5.47. The number of nitrogens with one attached hydrogen (secondary N) is 1. The summed E-state index contributed by atoms with van der Waals surface area (Å²) in [7, 11) is 0. The van der Waals surface area contributed by atoms with E-state index in [9.17, 15) is 0 Å². The van der Waals surface area contributed by atoms with Crippen LogP contribution in [0.15, 0.2) is 42.7 Å². The molecule has 0 unspecified atom stereocenters. The van der Waals surface area contributed by atoms with E-state index in [4.69, 9.17) is 4.74 Å². The number of nitrogens with zero attached hydrogens (tertiary/aromatic N) is 1. The van der Waals surface area contributed by atoms with Crippen LogP contribution in [0.3, 0.4) is 0 Å². The average Bonchev–Trinajstić information content (AvgIpc) is 3.31. The predicted octanol–water partition coefficient (Wildman–Crippen LogP) is 3.40. The van der Waals surface area contributed by atoms with Crippen LogP contribution in [0.25, 0.3) is 11.1 Å². The van der Waals surface area contributed by atoms with Crippen LogP contribution in [0.4, 0.5) is 0 Å². The standard InChI is InChI=1S/C17H20N2O/c1-2-20-17-7-3-14(4-8-17)15-9-13(10-18-12-15)11-19-16-5-6-16/h3-4,7-10,12,16,19H,2,5-6,11H2,1H3. The van der Waals surface area contributed by atoms with Crippen LogP contribution >= 0.6 is 0 Å². The first kappa shape index (κ1) is 13.1. The van der Waals surface area contributed by atoms with Gasteiger partial charge >= 0.3 is 0 Å². The zero-order chi connectivity index (χ0) is 13.8. The molecular weight excluding hydrogens is 248 g/mol. The van der Waals surface area contributed by atoms with E-state index in [1.54, 1.807) is 0 Å². The molecule has 2 aromatic rings. The van der Waals surface area contributed by atoms with Gasteiger partial charge in [-0.05, 0) is 49.1 Å². The lowest BCUT2D eigenvalue weighted by Gasteiger charge is -2.07. The van der Waals surface area contributed by atoms with Crippen LogP contribution in [-0.4, -0.2) is 17.6 Å². The average molecular weight is 268 g/mol. The largest absolute Gasteiger partial charge is 0.494 e. The van der Waals surface area contributed by atoms with E-state index in [2.05, 4.69) is 28.5 Å². The molecule has 0 bridgehead atoms. The van der Waals surface area contributed by atoms with Gasteiger partial charge < -0.3 is 10.1 Å². The van der Waals surface area contributed by atoms with E-state index in [-0.39, 0.29) is 0 Å². The van der Waals surface area contributed by atoms with Gasteiger partial charge in [-0.15, -0.1) is 0 Å². The van der Waals surface area contributed by atoms with Crippen LogP contribution in [-0.2, 0) is 6.54 Å². The predicted molar refractivity (Wildman–Crippen MR) is 80.7 cm³/mol. The lowest BCUT2D eigenvalue weighted by Crippen LogP contribution is -2.15. The van der Waals surface area contributed by atoms with E-state index >= 15 is 0 Å². The monoisotopic (exact) mass is 268 g/mol. The zero-order valence-electron chi connectivity index (χ0n) is 11.8. The van der Waals surface area contributed by atoms with Gasteiger partial charge in [0.15, 0.2) is 0 Å². The fraction of sp³-hybridized carbons (Fsp3) is 0.353. The molecule has 0 aliphatic heterocycles. The minimum atomic E-state index is 0.698. The maximum atomic E-state index is 5.47.